The van der Waals surface area contributed by atoms with Gasteiger partial charge in [-0.25, -0.2) is 4.79 Å². The average Bonchev–Trinajstić information content (AvgIpc) is 3.11. The van der Waals surface area contributed by atoms with Gasteiger partial charge in [0.15, 0.2) is 0 Å². The van der Waals surface area contributed by atoms with Gasteiger partial charge in [-0.3, -0.25) is 0 Å². The number of likely N-dealkylation sites (tertiary alicyclic amines) is 1. The van der Waals surface area contributed by atoms with Crippen LogP contribution in [0.2, 0.25) is 0 Å². The van der Waals surface area contributed by atoms with E-state index >= 15 is 0 Å². The summed E-state index contributed by atoms with van der Waals surface area (Å²) in [4.78, 5) is 14.3. The Kier molecular flexibility index (Phi) is 4.43. The molecule has 0 atom stereocenters. The zero-order chi connectivity index (χ0) is 17.5. The fourth-order valence-corrected chi connectivity index (χ4v) is 3.71. The molecule has 0 unspecified atom stereocenters. The maximum Gasteiger partial charge on any atom is 0.337 e. The number of carboxylic acids is 1. The van der Waals surface area contributed by atoms with Crippen LogP contribution >= 0.6 is 0 Å². The fraction of sp³-hybridized carbons (Fsp3) is 0.550. The number of hydrogen-bond acceptors (Lipinski definition) is 2. The highest BCUT2D eigenvalue weighted by atomic mass is 16.4. The molecule has 130 valence electrons. The molecule has 4 heteroatoms. The summed E-state index contributed by atoms with van der Waals surface area (Å²) >= 11 is 0. The molecule has 2 aromatic rings. The van der Waals surface area contributed by atoms with E-state index in [0.717, 1.165) is 29.4 Å². The summed E-state index contributed by atoms with van der Waals surface area (Å²) in [5, 5.41) is 10.8. The summed E-state index contributed by atoms with van der Waals surface area (Å²) in [5.41, 5.74) is 3.52. The smallest absolute Gasteiger partial charge is 0.337 e. The number of nitrogens with zero attached hydrogens (tertiary/aromatic N) is 2. The summed E-state index contributed by atoms with van der Waals surface area (Å²) in [6, 6.07) is 4.04. The first kappa shape index (κ1) is 17.0. The summed E-state index contributed by atoms with van der Waals surface area (Å²) < 4.78 is 1.98. The number of carbonyl (C=O) groups is 1. The monoisotopic (exact) mass is 328 g/mol. The molecule has 4 nitrogen and oxygen atoms in total. The van der Waals surface area contributed by atoms with E-state index in [9.17, 15) is 9.90 Å². The van der Waals surface area contributed by atoms with Crippen molar-refractivity contribution in [2.45, 2.75) is 45.4 Å². The number of aryl methyl sites for hydroxylation is 1. The second-order valence-electron chi connectivity index (χ2n) is 8.04. The Morgan fingerprint density at radius 2 is 1.88 bits per heavy atom. The predicted molar refractivity (Wildman–Crippen MR) is 98.0 cm³/mol. The maximum absolute atomic E-state index is 11.8. The molecular formula is C20H28N2O2. The topological polar surface area (TPSA) is 45.5 Å². The first-order valence-corrected chi connectivity index (χ1v) is 8.85. The lowest BCUT2D eigenvalue weighted by Crippen LogP contribution is -2.21. The maximum atomic E-state index is 11.8. The van der Waals surface area contributed by atoms with Crippen molar-refractivity contribution in [3.8, 4) is 0 Å². The highest BCUT2D eigenvalue weighted by Crippen LogP contribution is 2.32. The summed E-state index contributed by atoms with van der Waals surface area (Å²) in [5.74, 6) is -0.849. The molecule has 0 amide bonds. The Morgan fingerprint density at radius 3 is 2.46 bits per heavy atom. The number of rotatable bonds is 4. The quantitative estimate of drug-likeness (QED) is 0.928. The van der Waals surface area contributed by atoms with Crippen molar-refractivity contribution in [2.24, 2.45) is 7.05 Å². The first-order chi connectivity index (χ1) is 11.3. The second-order valence-corrected chi connectivity index (χ2v) is 8.04. The Balaban J connectivity index is 2.06. The third-order valence-corrected chi connectivity index (χ3v) is 5.15. The molecule has 0 aliphatic carbocycles. The summed E-state index contributed by atoms with van der Waals surface area (Å²) in [7, 11) is 1.95. The molecule has 1 aliphatic rings. The zero-order valence-corrected chi connectivity index (χ0v) is 15.2. The molecule has 0 spiro atoms. The van der Waals surface area contributed by atoms with Gasteiger partial charge in [-0.1, -0.05) is 20.8 Å². The fourth-order valence-electron chi connectivity index (χ4n) is 3.71. The zero-order valence-electron chi connectivity index (χ0n) is 15.2. The van der Waals surface area contributed by atoms with E-state index in [-0.39, 0.29) is 5.41 Å². The molecule has 2 heterocycles. The molecule has 1 N–H and O–H groups in total. The highest BCUT2D eigenvalue weighted by molar-refractivity contribution is 6.04. The van der Waals surface area contributed by atoms with Crippen molar-refractivity contribution >= 4 is 16.9 Å². The van der Waals surface area contributed by atoms with Crippen LogP contribution in [0.3, 0.4) is 0 Å². The van der Waals surface area contributed by atoms with Crippen molar-refractivity contribution in [1.82, 2.24) is 9.47 Å². The number of fused-ring (bicyclic) bond motifs is 1. The van der Waals surface area contributed by atoms with Gasteiger partial charge in [0.1, 0.15) is 0 Å². The second kappa shape index (κ2) is 6.25. The van der Waals surface area contributed by atoms with Crippen LogP contribution in [0.15, 0.2) is 18.3 Å². The molecular weight excluding hydrogens is 300 g/mol. The Hall–Kier alpha value is -1.81. The molecule has 1 aromatic heterocycles. The van der Waals surface area contributed by atoms with Crippen molar-refractivity contribution in [3.63, 3.8) is 0 Å². The number of carboxylic acid groups (broad SMARTS) is 1. The van der Waals surface area contributed by atoms with E-state index < -0.39 is 5.97 Å². The van der Waals surface area contributed by atoms with Crippen LogP contribution in [-0.2, 0) is 18.9 Å². The summed E-state index contributed by atoms with van der Waals surface area (Å²) in [6.45, 7) is 9.84. The average molecular weight is 328 g/mol. The number of aromatic nitrogens is 1. The minimum atomic E-state index is -0.849. The van der Waals surface area contributed by atoms with Crippen molar-refractivity contribution in [1.29, 1.82) is 0 Å². The van der Waals surface area contributed by atoms with E-state index in [1.54, 1.807) is 0 Å². The van der Waals surface area contributed by atoms with Crippen LogP contribution in [-0.4, -0.2) is 40.2 Å². The van der Waals surface area contributed by atoms with E-state index in [1.807, 2.05) is 17.7 Å². The van der Waals surface area contributed by atoms with E-state index in [4.69, 9.17) is 0 Å². The molecule has 0 saturated carbocycles. The van der Waals surface area contributed by atoms with Gasteiger partial charge < -0.3 is 14.6 Å². The molecule has 3 rings (SSSR count). The standard InChI is InChI=1S/C20H28N2O2/c1-20(2,3)15-11-16-14(7-10-22-8-5-6-9-22)13-21(4)18(16)17(12-15)19(23)24/h11-13H,5-10H2,1-4H3,(H,23,24). The van der Waals surface area contributed by atoms with Crippen molar-refractivity contribution in [2.75, 3.05) is 19.6 Å². The first-order valence-electron chi connectivity index (χ1n) is 8.85. The lowest BCUT2D eigenvalue weighted by Gasteiger charge is -2.20. The molecule has 0 bridgehead atoms. The van der Waals surface area contributed by atoms with Crippen LogP contribution in [0.25, 0.3) is 10.9 Å². The number of hydrogen-bond donors (Lipinski definition) is 1. The van der Waals surface area contributed by atoms with Gasteiger partial charge in [0, 0.05) is 25.2 Å². The minimum Gasteiger partial charge on any atom is -0.478 e. The normalized spacial score (nSPS) is 16.2. The van der Waals surface area contributed by atoms with Crippen LogP contribution in [0.1, 0.15) is 55.1 Å². The van der Waals surface area contributed by atoms with Gasteiger partial charge >= 0.3 is 5.97 Å². The highest BCUT2D eigenvalue weighted by Gasteiger charge is 2.22. The van der Waals surface area contributed by atoms with Gasteiger partial charge in [0.25, 0.3) is 0 Å². The Morgan fingerprint density at radius 1 is 1.21 bits per heavy atom. The minimum absolute atomic E-state index is 0.0690. The van der Waals surface area contributed by atoms with E-state index in [2.05, 4.69) is 37.9 Å². The predicted octanol–water partition coefficient (Wildman–Crippen LogP) is 3.81. The van der Waals surface area contributed by atoms with E-state index in [1.165, 1.54) is 31.5 Å². The summed E-state index contributed by atoms with van der Waals surface area (Å²) in [6.07, 6.45) is 5.68. The lowest BCUT2D eigenvalue weighted by atomic mass is 9.85. The molecule has 0 radical (unpaired) electrons. The van der Waals surface area contributed by atoms with Gasteiger partial charge in [0.05, 0.1) is 11.1 Å². The molecule has 1 fully saturated rings. The molecule has 1 aromatic carbocycles. The van der Waals surface area contributed by atoms with Gasteiger partial charge in [0.2, 0.25) is 0 Å². The van der Waals surface area contributed by atoms with Gasteiger partial charge in [-0.15, -0.1) is 0 Å². The molecule has 24 heavy (non-hydrogen) atoms. The van der Waals surface area contributed by atoms with Crippen LogP contribution in [0.4, 0.5) is 0 Å². The molecule has 1 aliphatic heterocycles. The number of benzene rings is 1. The lowest BCUT2D eigenvalue weighted by molar-refractivity contribution is 0.0698. The van der Waals surface area contributed by atoms with Crippen molar-refractivity contribution in [3.05, 3.63) is 35.0 Å². The van der Waals surface area contributed by atoms with Crippen LogP contribution in [0.5, 0.6) is 0 Å². The largest absolute Gasteiger partial charge is 0.478 e. The van der Waals surface area contributed by atoms with Gasteiger partial charge in [-0.2, -0.15) is 0 Å². The van der Waals surface area contributed by atoms with Gasteiger partial charge in [-0.05, 0) is 61.0 Å². The van der Waals surface area contributed by atoms with Crippen molar-refractivity contribution < 1.29 is 9.90 Å². The Bertz CT molecular complexity index is 762. The Labute approximate surface area is 144 Å². The van der Waals surface area contributed by atoms with E-state index in [0.29, 0.717) is 5.56 Å². The third-order valence-electron chi connectivity index (χ3n) is 5.15. The SMILES string of the molecule is Cn1cc(CCN2CCCC2)c2cc(C(C)(C)C)cc(C(=O)O)c21. The van der Waals surface area contributed by atoms with Crippen LogP contribution in [0, 0.1) is 0 Å². The number of aromatic carboxylic acids is 1. The molecule has 1 saturated heterocycles. The third kappa shape index (κ3) is 3.20. The van der Waals surface area contributed by atoms with Crippen LogP contribution < -0.4 is 0 Å².